The summed E-state index contributed by atoms with van der Waals surface area (Å²) in [5.41, 5.74) is -0.477. The second-order valence-electron chi connectivity index (χ2n) is 4.82. The fourth-order valence-corrected chi connectivity index (χ4v) is 2.34. The largest absolute Gasteiger partial charge is 0.477 e. The molecule has 108 valence electrons. The number of nitro groups is 1. The van der Waals surface area contributed by atoms with Crippen LogP contribution in [0.15, 0.2) is 18.2 Å². The number of aromatic carboxylic acids is 1. The van der Waals surface area contributed by atoms with Gasteiger partial charge in [0.15, 0.2) is 0 Å². The number of hydrogen-bond acceptors (Lipinski definition) is 5. The molecule has 0 bridgehead atoms. The van der Waals surface area contributed by atoms with Gasteiger partial charge in [0.2, 0.25) is 0 Å². The minimum absolute atomic E-state index is 0.0276. The molecule has 2 atom stereocenters. The van der Waals surface area contributed by atoms with E-state index in [4.69, 9.17) is 9.84 Å². The van der Waals surface area contributed by atoms with Gasteiger partial charge >= 0.3 is 11.7 Å². The lowest BCUT2D eigenvalue weighted by Gasteiger charge is -2.20. The Bertz CT molecular complexity index is 525. The van der Waals surface area contributed by atoms with Crippen molar-refractivity contribution in [1.82, 2.24) is 0 Å². The maximum absolute atomic E-state index is 11.1. The van der Waals surface area contributed by atoms with Crippen LogP contribution in [0.2, 0.25) is 0 Å². The third-order valence-electron chi connectivity index (χ3n) is 3.50. The van der Waals surface area contributed by atoms with Crippen molar-refractivity contribution in [3.05, 3.63) is 33.9 Å². The molecule has 1 fully saturated rings. The number of nitrogens with one attached hydrogen (secondary N) is 1. The number of hydrogen-bond donors (Lipinski definition) is 2. The van der Waals surface area contributed by atoms with Crippen LogP contribution >= 0.6 is 0 Å². The van der Waals surface area contributed by atoms with E-state index in [2.05, 4.69) is 5.32 Å². The number of carboxylic acid groups (broad SMARTS) is 1. The van der Waals surface area contributed by atoms with Crippen molar-refractivity contribution in [3.63, 3.8) is 0 Å². The van der Waals surface area contributed by atoms with Gasteiger partial charge in [0.05, 0.1) is 11.5 Å². The van der Waals surface area contributed by atoms with Crippen molar-refractivity contribution >= 4 is 17.3 Å². The van der Waals surface area contributed by atoms with Gasteiger partial charge < -0.3 is 15.2 Å². The Balaban J connectivity index is 2.28. The predicted octanol–water partition coefficient (Wildman–Crippen LogP) is 2.13. The minimum atomic E-state index is -1.31. The highest BCUT2D eigenvalue weighted by atomic mass is 16.6. The molecule has 20 heavy (non-hydrogen) atoms. The van der Waals surface area contributed by atoms with Gasteiger partial charge in [0.1, 0.15) is 11.3 Å². The van der Waals surface area contributed by atoms with Crippen molar-refractivity contribution < 1.29 is 19.6 Å². The molecular formula is C13H16N2O5. The normalized spacial score (nSPS) is 19.6. The average Bonchev–Trinajstić information content (AvgIpc) is 2.91. The number of carbonyl (C=O) groups is 1. The number of nitrogens with zero attached hydrogens (tertiary/aromatic N) is 1. The molecule has 1 aromatic rings. The summed E-state index contributed by atoms with van der Waals surface area (Å²) >= 11 is 0. The molecule has 1 aliphatic heterocycles. The number of carboxylic acids is 1. The summed E-state index contributed by atoms with van der Waals surface area (Å²) in [5, 5.41) is 23.2. The molecule has 0 spiro atoms. The van der Waals surface area contributed by atoms with Crippen LogP contribution in [0.25, 0.3) is 0 Å². The van der Waals surface area contributed by atoms with Gasteiger partial charge in [0.25, 0.3) is 0 Å². The Morgan fingerprint density at radius 1 is 1.60 bits per heavy atom. The predicted molar refractivity (Wildman–Crippen MR) is 72.1 cm³/mol. The Kier molecular flexibility index (Phi) is 4.19. The smallest absolute Gasteiger partial charge is 0.342 e. The van der Waals surface area contributed by atoms with E-state index < -0.39 is 16.6 Å². The number of anilines is 1. The van der Waals surface area contributed by atoms with Gasteiger partial charge in [-0.05, 0) is 25.5 Å². The number of rotatable bonds is 5. The van der Waals surface area contributed by atoms with Crippen molar-refractivity contribution in [3.8, 4) is 0 Å². The third kappa shape index (κ3) is 2.88. The zero-order chi connectivity index (χ0) is 14.7. The minimum Gasteiger partial charge on any atom is -0.477 e. The summed E-state index contributed by atoms with van der Waals surface area (Å²) in [5.74, 6) is -1.04. The molecule has 1 saturated heterocycles. The Morgan fingerprint density at radius 2 is 2.35 bits per heavy atom. The van der Waals surface area contributed by atoms with Crippen molar-refractivity contribution in [2.45, 2.75) is 19.4 Å². The summed E-state index contributed by atoms with van der Waals surface area (Å²) in [7, 11) is 0. The van der Waals surface area contributed by atoms with Crippen molar-refractivity contribution in [2.75, 3.05) is 18.5 Å². The second kappa shape index (κ2) is 5.87. The van der Waals surface area contributed by atoms with Crippen LogP contribution < -0.4 is 5.32 Å². The van der Waals surface area contributed by atoms with E-state index in [0.29, 0.717) is 13.2 Å². The van der Waals surface area contributed by atoms with E-state index in [1.807, 2.05) is 6.92 Å². The van der Waals surface area contributed by atoms with E-state index in [0.717, 1.165) is 6.42 Å². The SMILES string of the molecule is CC(Nc1cccc(C(=O)O)c1[N+](=O)[O-])C1CCOC1. The Morgan fingerprint density at radius 3 is 2.90 bits per heavy atom. The van der Waals surface area contributed by atoms with Crippen LogP contribution in [0.4, 0.5) is 11.4 Å². The zero-order valence-corrected chi connectivity index (χ0v) is 11.0. The molecular weight excluding hydrogens is 264 g/mol. The van der Waals surface area contributed by atoms with E-state index in [9.17, 15) is 14.9 Å². The molecule has 1 aliphatic rings. The van der Waals surface area contributed by atoms with Gasteiger partial charge in [-0.1, -0.05) is 6.07 Å². The first kappa shape index (κ1) is 14.3. The molecule has 0 radical (unpaired) electrons. The first-order valence-corrected chi connectivity index (χ1v) is 6.35. The van der Waals surface area contributed by atoms with Gasteiger partial charge in [0, 0.05) is 18.6 Å². The molecule has 0 aromatic heterocycles. The van der Waals surface area contributed by atoms with Crippen LogP contribution in [0.1, 0.15) is 23.7 Å². The lowest BCUT2D eigenvalue weighted by atomic mass is 10.00. The van der Waals surface area contributed by atoms with E-state index in [1.165, 1.54) is 18.2 Å². The lowest BCUT2D eigenvalue weighted by molar-refractivity contribution is -0.384. The van der Waals surface area contributed by atoms with E-state index >= 15 is 0 Å². The molecule has 1 aromatic carbocycles. The molecule has 0 amide bonds. The van der Waals surface area contributed by atoms with Crippen LogP contribution in [0.3, 0.4) is 0 Å². The van der Waals surface area contributed by atoms with Gasteiger partial charge in [-0.15, -0.1) is 0 Å². The molecule has 0 aliphatic carbocycles. The van der Waals surface area contributed by atoms with Gasteiger partial charge in [-0.2, -0.15) is 0 Å². The van der Waals surface area contributed by atoms with E-state index in [1.54, 1.807) is 0 Å². The Labute approximate surface area is 115 Å². The molecule has 2 rings (SSSR count). The van der Waals surface area contributed by atoms with E-state index in [-0.39, 0.29) is 23.2 Å². The molecule has 2 unspecified atom stereocenters. The van der Waals surface area contributed by atoms with Crippen LogP contribution in [0, 0.1) is 16.0 Å². The quantitative estimate of drug-likeness (QED) is 0.632. The fraction of sp³-hybridized carbons (Fsp3) is 0.462. The number of nitro benzene ring substituents is 1. The van der Waals surface area contributed by atoms with Crippen molar-refractivity contribution in [1.29, 1.82) is 0 Å². The highest BCUT2D eigenvalue weighted by Crippen LogP contribution is 2.30. The number of ether oxygens (including phenoxy) is 1. The molecule has 7 heteroatoms. The number of para-hydroxylation sites is 1. The first-order valence-electron chi connectivity index (χ1n) is 6.35. The first-order chi connectivity index (χ1) is 9.50. The highest BCUT2D eigenvalue weighted by molar-refractivity contribution is 5.95. The van der Waals surface area contributed by atoms with Crippen molar-refractivity contribution in [2.24, 2.45) is 5.92 Å². The van der Waals surface area contributed by atoms with Gasteiger partial charge in [-0.3, -0.25) is 10.1 Å². The molecule has 0 saturated carbocycles. The van der Waals surface area contributed by atoms with Gasteiger partial charge in [-0.25, -0.2) is 4.79 Å². The summed E-state index contributed by atoms with van der Waals surface area (Å²) < 4.78 is 5.29. The molecule has 7 nitrogen and oxygen atoms in total. The highest BCUT2D eigenvalue weighted by Gasteiger charge is 2.28. The third-order valence-corrected chi connectivity index (χ3v) is 3.50. The number of benzene rings is 1. The summed E-state index contributed by atoms with van der Waals surface area (Å²) in [6.45, 7) is 3.21. The Hall–Kier alpha value is -2.15. The maximum Gasteiger partial charge on any atom is 0.342 e. The topological polar surface area (TPSA) is 102 Å². The monoisotopic (exact) mass is 280 g/mol. The maximum atomic E-state index is 11.1. The van der Waals surface area contributed by atoms with Crippen LogP contribution in [-0.4, -0.2) is 35.3 Å². The standard InChI is InChI=1S/C13H16N2O5/c1-8(9-5-6-20-7-9)14-11-4-2-3-10(13(16)17)12(11)15(18)19/h2-4,8-9,14H,5-7H2,1H3,(H,16,17). The molecule has 2 N–H and O–H groups in total. The van der Waals surface area contributed by atoms with Crippen LogP contribution in [0.5, 0.6) is 0 Å². The summed E-state index contributed by atoms with van der Waals surface area (Å²) in [6.07, 6.45) is 0.889. The lowest BCUT2D eigenvalue weighted by Crippen LogP contribution is -2.26. The zero-order valence-electron chi connectivity index (χ0n) is 11.0. The fourth-order valence-electron chi connectivity index (χ4n) is 2.34. The average molecular weight is 280 g/mol. The second-order valence-corrected chi connectivity index (χ2v) is 4.82. The molecule has 1 heterocycles. The summed E-state index contributed by atoms with van der Waals surface area (Å²) in [4.78, 5) is 21.5. The van der Waals surface area contributed by atoms with Crippen LogP contribution in [-0.2, 0) is 4.74 Å². The summed E-state index contributed by atoms with van der Waals surface area (Å²) in [6, 6.07) is 4.22.